The summed E-state index contributed by atoms with van der Waals surface area (Å²) >= 11 is 0. The number of carbonyl (C=O) groups is 1. The van der Waals surface area contributed by atoms with Crippen LogP contribution in [0.3, 0.4) is 0 Å². The fraction of sp³-hybridized carbons (Fsp3) is 0.900. The third-order valence-corrected chi connectivity index (χ3v) is 2.50. The van der Waals surface area contributed by atoms with Crippen LogP contribution in [-0.2, 0) is 4.79 Å². The third kappa shape index (κ3) is 2.69. The Morgan fingerprint density at radius 1 is 1.62 bits per heavy atom. The topological polar surface area (TPSA) is 32.3 Å². The van der Waals surface area contributed by atoms with E-state index in [9.17, 15) is 4.79 Å². The van der Waals surface area contributed by atoms with Gasteiger partial charge in [0.25, 0.3) is 0 Å². The lowest BCUT2D eigenvalue weighted by atomic mass is 10.2. The van der Waals surface area contributed by atoms with Crippen molar-refractivity contribution in [3.05, 3.63) is 0 Å². The predicted octanol–water partition coefficient (Wildman–Crippen LogP) is 0.995. The molecule has 1 aliphatic rings. The largest absolute Gasteiger partial charge is 0.353 e. The zero-order valence-electron chi connectivity index (χ0n) is 8.84. The van der Waals surface area contributed by atoms with Crippen molar-refractivity contribution in [2.24, 2.45) is 0 Å². The molecule has 0 saturated carbocycles. The summed E-state index contributed by atoms with van der Waals surface area (Å²) < 4.78 is 0. The molecule has 1 fully saturated rings. The third-order valence-electron chi connectivity index (χ3n) is 2.50. The lowest BCUT2D eigenvalue weighted by Crippen LogP contribution is -2.45. The van der Waals surface area contributed by atoms with E-state index in [0.29, 0.717) is 0 Å². The maximum Gasteiger partial charge on any atom is 0.237 e. The molecular formula is C10H20N2O. The zero-order chi connectivity index (χ0) is 9.84. The first-order chi connectivity index (χ1) is 6.15. The molecule has 3 heteroatoms. The van der Waals surface area contributed by atoms with Gasteiger partial charge in [-0.05, 0) is 39.8 Å². The van der Waals surface area contributed by atoms with Crippen LogP contribution in [0.5, 0.6) is 0 Å². The van der Waals surface area contributed by atoms with E-state index in [1.165, 1.54) is 0 Å². The van der Waals surface area contributed by atoms with Gasteiger partial charge in [0.05, 0.1) is 6.04 Å². The molecule has 3 nitrogen and oxygen atoms in total. The van der Waals surface area contributed by atoms with E-state index in [0.717, 1.165) is 25.9 Å². The average molecular weight is 184 g/mol. The standard InChI is InChI=1S/C10H20N2O/c1-4-12-7-5-6-9(12)10(13)11-8(2)3/h8-9H,4-7H2,1-3H3,(H,11,13)/t9-/m0/s1. The quantitative estimate of drug-likeness (QED) is 0.709. The van der Waals surface area contributed by atoms with Crippen LogP contribution in [0, 0.1) is 0 Å². The molecule has 0 aliphatic carbocycles. The van der Waals surface area contributed by atoms with Crippen LogP contribution in [-0.4, -0.2) is 36.0 Å². The maximum atomic E-state index is 11.7. The molecule has 76 valence electrons. The Balaban J connectivity index is 2.45. The minimum absolute atomic E-state index is 0.132. The van der Waals surface area contributed by atoms with Gasteiger partial charge >= 0.3 is 0 Å². The second kappa shape index (κ2) is 4.61. The molecule has 0 aromatic rings. The minimum atomic E-state index is 0.132. The van der Waals surface area contributed by atoms with E-state index in [4.69, 9.17) is 0 Å². The first-order valence-electron chi connectivity index (χ1n) is 5.19. The van der Waals surface area contributed by atoms with Gasteiger partial charge in [0, 0.05) is 6.04 Å². The highest BCUT2D eigenvalue weighted by atomic mass is 16.2. The van der Waals surface area contributed by atoms with Gasteiger partial charge < -0.3 is 5.32 Å². The number of carbonyl (C=O) groups excluding carboxylic acids is 1. The van der Waals surface area contributed by atoms with Gasteiger partial charge in [-0.3, -0.25) is 9.69 Å². The summed E-state index contributed by atoms with van der Waals surface area (Å²) in [5, 5.41) is 2.97. The number of hydrogen-bond donors (Lipinski definition) is 1. The van der Waals surface area contributed by atoms with Crippen molar-refractivity contribution >= 4 is 5.91 Å². The van der Waals surface area contributed by atoms with Crippen LogP contribution in [0.4, 0.5) is 0 Å². The van der Waals surface area contributed by atoms with Crippen molar-refractivity contribution in [1.82, 2.24) is 10.2 Å². The lowest BCUT2D eigenvalue weighted by molar-refractivity contribution is -0.125. The lowest BCUT2D eigenvalue weighted by Gasteiger charge is -2.22. The molecule has 0 bridgehead atoms. The van der Waals surface area contributed by atoms with Crippen LogP contribution in [0.1, 0.15) is 33.6 Å². The Morgan fingerprint density at radius 3 is 2.85 bits per heavy atom. The van der Waals surface area contributed by atoms with Gasteiger partial charge in [-0.15, -0.1) is 0 Å². The molecule has 1 heterocycles. The van der Waals surface area contributed by atoms with Crippen molar-refractivity contribution in [2.75, 3.05) is 13.1 Å². The van der Waals surface area contributed by atoms with Crippen LogP contribution < -0.4 is 5.32 Å². The van der Waals surface area contributed by atoms with E-state index in [2.05, 4.69) is 17.1 Å². The number of likely N-dealkylation sites (N-methyl/N-ethyl adjacent to an activating group) is 1. The second-order valence-corrected chi connectivity index (χ2v) is 3.95. The molecule has 0 aromatic carbocycles. The van der Waals surface area contributed by atoms with Gasteiger partial charge in [-0.1, -0.05) is 6.92 Å². The smallest absolute Gasteiger partial charge is 0.237 e. The zero-order valence-corrected chi connectivity index (χ0v) is 8.84. The van der Waals surface area contributed by atoms with Crippen molar-refractivity contribution in [2.45, 2.75) is 45.7 Å². The normalized spacial score (nSPS) is 23.8. The Hall–Kier alpha value is -0.570. The van der Waals surface area contributed by atoms with Crippen molar-refractivity contribution in [3.8, 4) is 0 Å². The number of amides is 1. The summed E-state index contributed by atoms with van der Waals surface area (Å²) in [6.07, 6.45) is 2.18. The molecule has 1 amide bonds. The summed E-state index contributed by atoms with van der Waals surface area (Å²) in [5.74, 6) is 0.203. The van der Waals surface area contributed by atoms with Gasteiger partial charge in [-0.2, -0.15) is 0 Å². The Morgan fingerprint density at radius 2 is 2.31 bits per heavy atom. The van der Waals surface area contributed by atoms with Crippen molar-refractivity contribution in [3.63, 3.8) is 0 Å². The highest BCUT2D eigenvalue weighted by Gasteiger charge is 2.29. The number of nitrogens with one attached hydrogen (secondary N) is 1. The Labute approximate surface area is 80.5 Å². The van der Waals surface area contributed by atoms with Gasteiger partial charge in [0.2, 0.25) is 5.91 Å². The van der Waals surface area contributed by atoms with Crippen molar-refractivity contribution in [1.29, 1.82) is 0 Å². The van der Waals surface area contributed by atoms with Crippen molar-refractivity contribution < 1.29 is 4.79 Å². The van der Waals surface area contributed by atoms with Gasteiger partial charge in [-0.25, -0.2) is 0 Å². The van der Waals surface area contributed by atoms with E-state index in [1.54, 1.807) is 0 Å². The monoisotopic (exact) mass is 184 g/mol. The SMILES string of the molecule is CCN1CCC[C@H]1C(=O)NC(C)C. The second-order valence-electron chi connectivity index (χ2n) is 3.95. The molecule has 1 saturated heterocycles. The van der Waals surface area contributed by atoms with Gasteiger partial charge in [0.15, 0.2) is 0 Å². The van der Waals surface area contributed by atoms with Gasteiger partial charge in [0.1, 0.15) is 0 Å². The Bertz CT molecular complexity index is 180. The number of likely N-dealkylation sites (tertiary alicyclic amines) is 1. The molecule has 1 rings (SSSR count). The minimum Gasteiger partial charge on any atom is -0.353 e. The predicted molar refractivity (Wildman–Crippen MR) is 53.5 cm³/mol. The summed E-state index contributed by atoms with van der Waals surface area (Å²) in [4.78, 5) is 13.9. The average Bonchev–Trinajstić information content (AvgIpc) is 2.49. The molecule has 1 aliphatic heterocycles. The summed E-state index contributed by atoms with van der Waals surface area (Å²) in [6.45, 7) is 8.18. The fourth-order valence-electron chi connectivity index (χ4n) is 1.88. The maximum absolute atomic E-state index is 11.7. The Kier molecular flexibility index (Phi) is 3.72. The molecule has 1 N–H and O–H groups in total. The molecule has 0 spiro atoms. The van der Waals surface area contributed by atoms with Crippen LogP contribution in [0.2, 0.25) is 0 Å². The highest BCUT2D eigenvalue weighted by Crippen LogP contribution is 2.16. The van der Waals surface area contributed by atoms with Crippen LogP contribution in [0.25, 0.3) is 0 Å². The first-order valence-corrected chi connectivity index (χ1v) is 5.19. The molecule has 1 atom stereocenters. The van der Waals surface area contributed by atoms with E-state index >= 15 is 0 Å². The molecule has 0 unspecified atom stereocenters. The summed E-state index contributed by atoms with van der Waals surface area (Å²) in [7, 11) is 0. The molecular weight excluding hydrogens is 164 g/mol. The highest BCUT2D eigenvalue weighted by molar-refractivity contribution is 5.82. The van der Waals surface area contributed by atoms with E-state index < -0.39 is 0 Å². The van der Waals surface area contributed by atoms with E-state index in [1.807, 2.05) is 13.8 Å². The van der Waals surface area contributed by atoms with Crippen LogP contribution >= 0.6 is 0 Å². The first kappa shape index (κ1) is 10.5. The van der Waals surface area contributed by atoms with Crippen LogP contribution in [0.15, 0.2) is 0 Å². The molecule has 0 radical (unpaired) electrons. The number of hydrogen-bond acceptors (Lipinski definition) is 2. The fourth-order valence-corrected chi connectivity index (χ4v) is 1.88. The molecule has 13 heavy (non-hydrogen) atoms. The number of nitrogens with zero attached hydrogens (tertiary/aromatic N) is 1. The number of rotatable bonds is 3. The summed E-state index contributed by atoms with van der Waals surface area (Å²) in [6, 6.07) is 0.388. The summed E-state index contributed by atoms with van der Waals surface area (Å²) in [5.41, 5.74) is 0. The molecule has 0 aromatic heterocycles. The van der Waals surface area contributed by atoms with E-state index in [-0.39, 0.29) is 18.0 Å².